The minimum absolute atomic E-state index is 0.00970. The van der Waals surface area contributed by atoms with E-state index in [9.17, 15) is 9.59 Å². The molecule has 28 heavy (non-hydrogen) atoms. The van der Waals surface area contributed by atoms with E-state index in [1.54, 1.807) is 56.3 Å². The Balaban J connectivity index is 2.44. The summed E-state index contributed by atoms with van der Waals surface area (Å²) in [6.07, 6.45) is 1.19. The van der Waals surface area contributed by atoms with Crippen molar-refractivity contribution in [2.24, 2.45) is 0 Å². The van der Waals surface area contributed by atoms with Crippen molar-refractivity contribution in [3.8, 4) is 11.5 Å². The van der Waals surface area contributed by atoms with Crippen LogP contribution >= 0.6 is 15.9 Å². The maximum Gasteiger partial charge on any atom is 0.355 e. The van der Waals surface area contributed by atoms with Crippen molar-refractivity contribution in [1.82, 2.24) is 5.32 Å². The third-order valence-corrected chi connectivity index (χ3v) is 4.34. The summed E-state index contributed by atoms with van der Waals surface area (Å²) >= 11 is 3.45. The first-order valence-electron chi connectivity index (χ1n) is 8.56. The van der Waals surface area contributed by atoms with Gasteiger partial charge < -0.3 is 19.5 Å². The van der Waals surface area contributed by atoms with Gasteiger partial charge in [0.15, 0.2) is 11.5 Å². The van der Waals surface area contributed by atoms with Crippen LogP contribution in [0, 0.1) is 0 Å². The Kier molecular flexibility index (Phi) is 7.63. The lowest BCUT2D eigenvalue weighted by Crippen LogP contribution is -2.29. The number of hydrogen-bond donors (Lipinski definition) is 1. The Morgan fingerprint density at radius 1 is 1.04 bits per heavy atom. The van der Waals surface area contributed by atoms with Gasteiger partial charge in [-0.05, 0) is 49.8 Å². The SMILES string of the molecule is COc1cc(Br)c(C=C(NC(=O)c2ccccc2)C(=O)OC(C)C)cc1OC. The predicted molar refractivity (Wildman–Crippen MR) is 110 cm³/mol. The summed E-state index contributed by atoms with van der Waals surface area (Å²) < 4.78 is 16.5. The predicted octanol–water partition coefficient (Wildman–Crippen LogP) is 4.19. The summed E-state index contributed by atoms with van der Waals surface area (Å²) in [5, 5.41) is 2.63. The highest BCUT2D eigenvalue weighted by atomic mass is 79.9. The molecule has 0 radical (unpaired) electrons. The monoisotopic (exact) mass is 447 g/mol. The Morgan fingerprint density at radius 2 is 1.64 bits per heavy atom. The van der Waals surface area contributed by atoms with Gasteiger partial charge in [-0.25, -0.2) is 4.79 Å². The number of carbonyl (C=O) groups is 2. The average Bonchev–Trinajstić information content (AvgIpc) is 2.68. The van der Waals surface area contributed by atoms with Gasteiger partial charge in [0.1, 0.15) is 5.70 Å². The molecule has 0 atom stereocenters. The van der Waals surface area contributed by atoms with Crippen molar-refractivity contribution in [1.29, 1.82) is 0 Å². The van der Waals surface area contributed by atoms with Crippen LogP contribution in [0.4, 0.5) is 0 Å². The summed E-state index contributed by atoms with van der Waals surface area (Å²) in [5.41, 5.74) is 1.05. The molecule has 0 bridgehead atoms. The van der Waals surface area contributed by atoms with E-state index in [2.05, 4.69) is 21.2 Å². The molecule has 0 saturated carbocycles. The molecule has 0 spiro atoms. The van der Waals surface area contributed by atoms with Gasteiger partial charge in [0.25, 0.3) is 5.91 Å². The van der Waals surface area contributed by atoms with E-state index in [1.165, 1.54) is 20.3 Å². The second-order valence-electron chi connectivity index (χ2n) is 6.06. The van der Waals surface area contributed by atoms with E-state index < -0.39 is 11.9 Å². The molecule has 0 aromatic heterocycles. The summed E-state index contributed by atoms with van der Waals surface area (Å²) in [7, 11) is 3.05. The third kappa shape index (κ3) is 5.60. The zero-order valence-electron chi connectivity index (χ0n) is 16.1. The van der Waals surface area contributed by atoms with Crippen LogP contribution in [0.5, 0.6) is 11.5 Å². The van der Waals surface area contributed by atoms with E-state index in [1.807, 2.05) is 0 Å². The number of esters is 1. The molecule has 148 valence electrons. The molecular formula is C21H22BrNO5. The van der Waals surface area contributed by atoms with Crippen LogP contribution in [0.1, 0.15) is 29.8 Å². The smallest absolute Gasteiger partial charge is 0.355 e. The molecule has 2 aromatic rings. The topological polar surface area (TPSA) is 73.9 Å². The number of hydrogen-bond acceptors (Lipinski definition) is 5. The fourth-order valence-electron chi connectivity index (χ4n) is 2.34. The number of nitrogens with one attached hydrogen (secondary N) is 1. The van der Waals surface area contributed by atoms with Gasteiger partial charge in [0.2, 0.25) is 0 Å². The molecule has 0 aliphatic carbocycles. The lowest BCUT2D eigenvalue weighted by atomic mass is 10.1. The molecular weight excluding hydrogens is 426 g/mol. The second kappa shape index (κ2) is 9.94. The number of rotatable bonds is 7. The van der Waals surface area contributed by atoms with Gasteiger partial charge in [0.05, 0.1) is 20.3 Å². The maximum atomic E-state index is 12.5. The first-order chi connectivity index (χ1) is 13.3. The van der Waals surface area contributed by atoms with Gasteiger partial charge >= 0.3 is 5.97 Å². The fourth-order valence-corrected chi connectivity index (χ4v) is 2.78. The lowest BCUT2D eigenvalue weighted by molar-refractivity contribution is -0.142. The van der Waals surface area contributed by atoms with E-state index in [-0.39, 0.29) is 11.8 Å². The number of ether oxygens (including phenoxy) is 3. The highest BCUT2D eigenvalue weighted by Gasteiger charge is 2.18. The van der Waals surface area contributed by atoms with E-state index in [4.69, 9.17) is 14.2 Å². The van der Waals surface area contributed by atoms with Crippen LogP contribution in [0.2, 0.25) is 0 Å². The van der Waals surface area contributed by atoms with Crippen molar-refractivity contribution in [3.05, 3.63) is 63.8 Å². The normalized spacial score (nSPS) is 11.1. The quantitative estimate of drug-likeness (QED) is 0.508. The van der Waals surface area contributed by atoms with Crippen LogP contribution in [-0.2, 0) is 9.53 Å². The first-order valence-corrected chi connectivity index (χ1v) is 9.35. The zero-order chi connectivity index (χ0) is 20.7. The van der Waals surface area contributed by atoms with Crippen molar-refractivity contribution in [2.45, 2.75) is 20.0 Å². The standard InChI is InChI=1S/C21H22BrNO5/c1-13(2)28-21(25)17(23-20(24)14-8-6-5-7-9-14)10-15-11-18(26-3)19(27-4)12-16(15)22/h5-13H,1-4H3,(H,23,24). The molecule has 2 rings (SSSR count). The van der Waals surface area contributed by atoms with Crippen molar-refractivity contribution < 1.29 is 23.8 Å². The molecule has 6 nitrogen and oxygen atoms in total. The molecule has 7 heteroatoms. The molecule has 2 aromatic carbocycles. The number of amides is 1. The summed E-state index contributed by atoms with van der Waals surface area (Å²) in [5.74, 6) is -0.0285. The largest absolute Gasteiger partial charge is 0.493 e. The lowest BCUT2D eigenvalue weighted by Gasteiger charge is -2.14. The number of halogens is 1. The van der Waals surface area contributed by atoms with Crippen molar-refractivity contribution in [2.75, 3.05) is 14.2 Å². The number of carbonyl (C=O) groups excluding carboxylic acids is 2. The number of methoxy groups -OCH3 is 2. The third-order valence-electron chi connectivity index (χ3n) is 3.65. The number of benzene rings is 2. The highest BCUT2D eigenvalue weighted by molar-refractivity contribution is 9.10. The van der Waals surface area contributed by atoms with Crippen molar-refractivity contribution >= 4 is 33.9 Å². The summed E-state index contributed by atoms with van der Waals surface area (Å²) in [6.45, 7) is 3.47. The Bertz CT molecular complexity index is 878. The molecule has 0 fully saturated rings. The van der Waals surface area contributed by atoms with Crippen LogP contribution < -0.4 is 14.8 Å². The summed E-state index contributed by atoms with van der Waals surface area (Å²) in [4.78, 5) is 25.1. The van der Waals surface area contributed by atoms with E-state index in [0.717, 1.165) is 0 Å². The zero-order valence-corrected chi connectivity index (χ0v) is 17.7. The molecule has 1 N–H and O–H groups in total. The van der Waals surface area contributed by atoms with Crippen LogP contribution in [0.3, 0.4) is 0 Å². The van der Waals surface area contributed by atoms with Crippen LogP contribution in [-0.4, -0.2) is 32.2 Å². The van der Waals surface area contributed by atoms with Gasteiger partial charge in [-0.15, -0.1) is 0 Å². The van der Waals surface area contributed by atoms with E-state index in [0.29, 0.717) is 27.1 Å². The Labute approximate surface area is 172 Å². The minimum atomic E-state index is -0.638. The van der Waals surface area contributed by atoms with Gasteiger partial charge in [0, 0.05) is 10.0 Å². The Hall–Kier alpha value is -2.80. The molecule has 0 heterocycles. The maximum absolute atomic E-state index is 12.5. The minimum Gasteiger partial charge on any atom is -0.493 e. The van der Waals surface area contributed by atoms with E-state index >= 15 is 0 Å². The Morgan fingerprint density at radius 3 is 2.21 bits per heavy atom. The highest BCUT2D eigenvalue weighted by Crippen LogP contribution is 2.34. The van der Waals surface area contributed by atoms with Crippen LogP contribution in [0.15, 0.2) is 52.6 Å². The summed E-state index contributed by atoms with van der Waals surface area (Å²) in [6, 6.07) is 12.0. The molecule has 0 saturated heterocycles. The van der Waals surface area contributed by atoms with Crippen LogP contribution in [0.25, 0.3) is 6.08 Å². The fraction of sp³-hybridized carbons (Fsp3) is 0.238. The molecule has 0 aliphatic heterocycles. The van der Waals surface area contributed by atoms with Gasteiger partial charge in [-0.1, -0.05) is 34.1 Å². The van der Waals surface area contributed by atoms with Gasteiger partial charge in [-0.3, -0.25) is 4.79 Å². The molecule has 1 amide bonds. The average molecular weight is 448 g/mol. The van der Waals surface area contributed by atoms with Gasteiger partial charge in [-0.2, -0.15) is 0 Å². The second-order valence-corrected chi connectivity index (χ2v) is 6.92. The molecule has 0 unspecified atom stereocenters. The molecule has 0 aliphatic rings. The van der Waals surface area contributed by atoms with Crippen molar-refractivity contribution in [3.63, 3.8) is 0 Å². The first kappa shape index (κ1) is 21.5.